The Kier molecular flexibility index (Phi) is 5.07. The van der Waals surface area contributed by atoms with Crippen molar-refractivity contribution in [3.8, 4) is 6.01 Å². The molecular formula is C10H14F5N5O. The van der Waals surface area contributed by atoms with Crippen LogP contribution in [-0.4, -0.2) is 54.3 Å². The maximum absolute atomic E-state index is 12.8. The molecule has 0 fully saturated rings. The van der Waals surface area contributed by atoms with E-state index in [9.17, 15) is 22.0 Å². The predicted octanol–water partition coefficient (Wildman–Crippen LogP) is 1.95. The number of nitrogens with zero attached hydrogens (tertiary/aromatic N) is 4. The Morgan fingerprint density at radius 3 is 2.19 bits per heavy atom. The van der Waals surface area contributed by atoms with Gasteiger partial charge in [-0.3, -0.25) is 0 Å². The van der Waals surface area contributed by atoms with E-state index in [4.69, 9.17) is 0 Å². The fourth-order valence-electron chi connectivity index (χ4n) is 1.08. The second-order valence-electron chi connectivity index (χ2n) is 4.16. The summed E-state index contributed by atoms with van der Waals surface area (Å²) in [5.74, 6) is -4.91. The lowest BCUT2D eigenvalue weighted by Gasteiger charge is -2.19. The van der Waals surface area contributed by atoms with Crippen molar-refractivity contribution in [1.82, 2.24) is 15.0 Å². The third-order valence-corrected chi connectivity index (χ3v) is 2.14. The summed E-state index contributed by atoms with van der Waals surface area (Å²) in [6.07, 6.45) is -5.70. The van der Waals surface area contributed by atoms with Gasteiger partial charge in [0.1, 0.15) is 0 Å². The lowest BCUT2D eigenvalue weighted by atomic mass is 10.3. The molecule has 1 N–H and O–H groups in total. The van der Waals surface area contributed by atoms with E-state index in [1.807, 2.05) is 0 Å². The summed E-state index contributed by atoms with van der Waals surface area (Å²) in [6, 6.07) is -0.617. The van der Waals surface area contributed by atoms with Gasteiger partial charge in [0, 0.05) is 20.6 Å². The molecule has 0 radical (unpaired) electrons. The normalized spacial score (nSPS) is 12.2. The molecule has 6 nitrogen and oxygen atoms in total. The van der Waals surface area contributed by atoms with Gasteiger partial charge in [-0.05, 0) is 6.92 Å². The number of anilines is 2. The number of hydrogen-bond donors (Lipinski definition) is 1. The van der Waals surface area contributed by atoms with E-state index in [1.54, 1.807) is 21.0 Å². The first-order chi connectivity index (χ1) is 9.56. The molecule has 0 aliphatic heterocycles. The molecule has 1 heterocycles. The summed E-state index contributed by atoms with van der Waals surface area (Å²) in [5, 5.41) is 2.69. The first-order valence-corrected chi connectivity index (χ1v) is 5.81. The molecule has 0 unspecified atom stereocenters. The minimum atomic E-state index is -5.70. The number of aromatic nitrogens is 3. The van der Waals surface area contributed by atoms with Gasteiger partial charge in [-0.25, -0.2) is 0 Å². The second-order valence-corrected chi connectivity index (χ2v) is 4.16. The molecule has 1 rings (SSSR count). The van der Waals surface area contributed by atoms with Crippen molar-refractivity contribution in [3.63, 3.8) is 0 Å². The van der Waals surface area contributed by atoms with Crippen LogP contribution >= 0.6 is 0 Å². The van der Waals surface area contributed by atoms with Gasteiger partial charge < -0.3 is 15.0 Å². The Bertz CT molecular complexity index is 479. The van der Waals surface area contributed by atoms with Crippen LogP contribution in [0.1, 0.15) is 6.92 Å². The number of halogens is 5. The SMILES string of the molecule is CCNc1nc(OCC(F)(F)C(F)(F)F)nc(N(C)C)n1. The molecule has 1 aromatic rings. The first-order valence-electron chi connectivity index (χ1n) is 5.81. The molecule has 11 heteroatoms. The molecule has 21 heavy (non-hydrogen) atoms. The van der Waals surface area contributed by atoms with Crippen LogP contribution in [0.25, 0.3) is 0 Å². The average Bonchev–Trinajstić information content (AvgIpc) is 2.35. The summed E-state index contributed by atoms with van der Waals surface area (Å²) in [6.45, 7) is 0.255. The summed E-state index contributed by atoms with van der Waals surface area (Å²) in [5.41, 5.74) is 0. The van der Waals surface area contributed by atoms with E-state index in [1.165, 1.54) is 4.90 Å². The molecule has 0 aliphatic carbocycles. The largest absolute Gasteiger partial charge is 0.456 e. The number of alkyl halides is 5. The predicted molar refractivity (Wildman–Crippen MR) is 64.8 cm³/mol. The molecule has 1 aromatic heterocycles. The van der Waals surface area contributed by atoms with Gasteiger partial charge in [0.2, 0.25) is 11.9 Å². The van der Waals surface area contributed by atoms with Gasteiger partial charge in [-0.2, -0.15) is 36.9 Å². The monoisotopic (exact) mass is 315 g/mol. The van der Waals surface area contributed by atoms with Gasteiger partial charge in [-0.15, -0.1) is 0 Å². The van der Waals surface area contributed by atoms with Crippen LogP contribution in [0.15, 0.2) is 0 Å². The van der Waals surface area contributed by atoms with Gasteiger partial charge >= 0.3 is 18.1 Å². The van der Waals surface area contributed by atoms with Crippen LogP contribution in [0.3, 0.4) is 0 Å². The average molecular weight is 315 g/mol. The van der Waals surface area contributed by atoms with E-state index >= 15 is 0 Å². The Labute approximate surface area is 117 Å². The van der Waals surface area contributed by atoms with Crippen LogP contribution in [-0.2, 0) is 0 Å². The lowest BCUT2D eigenvalue weighted by molar-refractivity contribution is -0.290. The topological polar surface area (TPSA) is 63.2 Å². The highest BCUT2D eigenvalue weighted by Crippen LogP contribution is 2.35. The maximum atomic E-state index is 12.8. The minimum absolute atomic E-state index is 0.0153. The molecule has 0 saturated heterocycles. The smallest absolute Gasteiger partial charge is 0.456 e. The summed E-state index contributed by atoms with van der Waals surface area (Å²) in [4.78, 5) is 12.6. The highest BCUT2D eigenvalue weighted by Gasteiger charge is 2.58. The quantitative estimate of drug-likeness (QED) is 0.810. The number of ether oxygens (including phenoxy) is 1. The number of hydrogen-bond acceptors (Lipinski definition) is 6. The van der Waals surface area contributed by atoms with Crippen LogP contribution < -0.4 is 15.0 Å². The molecule has 120 valence electrons. The van der Waals surface area contributed by atoms with Crippen LogP contribution in [0.5, 0.6) is 6.01 Å². The van der Waals surface area contributed by atoms with Crippen LogP contribution in [0.4, 0.5) is 33.8 Å². The Morgan fingerprint density at radius 2 is 1.71 bits per heavy atom. The fraction of sp³-hybridized carbons (Fsp3) is 0.700. The van der Waals surface area contributed by atoms with Crippen molar-refractivity contribution >= 4 is 11.9 Å². The van der Waals surface area contributed by atoms with Gasteiger partial charge in [-0.1, -0.05) is 0 Å². The zero-order valence-electron chi connectivity index (χ0n) is 11.5. The van der Waals surface area contributed by atoms with E-state index in [0.29, 0.717) is 6.54 Å². The number of rotatable bonds is 6. The molecule has 0 bridgehead atoms. The van der Waals surface area contributed by atoms with Crippen molar-refractivity contribution in [2.24, 2.45) is 0 Å². The Hall–Kier alpha value is -1.94. The van der Waals surface area contributed by atoms with E-state index in [2.05, 4.69) is 25.0 Å². The van der Waals surface area contributed by atoms with Crippen molar-refractivity contribution in [1.29, 1.82) is 0 Å². The molecule has 0 atom stereocenters. The van der Waals surface area contributed by atoms with Crippen LogP contribution in [0, 0.1) is 0 Å². The molecule has 0 aromatic carbocycles. The first kappa shape index (κ1) is 17.1. The van der Waals surface area contributed by atoms with Crippen molar-refractivity contribution in [2.75, 3.05) is 37.5 Å². The molecule has 0 spiro atoms. The van der Waals surface area contributed by atoms with Gasteiger partial charge in [0.25, 0.3) is 0 Å². The van der Waals surface area contributed by atoms with Crippen LogP contribution in [0.2, 0.25) is 0 Å². The zero-order chi connectivity index (χ0) is 16.3. The third-order valence-electron chi connectivity index (χ3n) is 2.14. The van der Waals surface area contributed by atoms with Crippen molar-refractivity contribution in [2.45, 2.75) is 19.0 Å². The Balaban J connectivity index is 2.92. The molecule has 0 amide bonds. The number of nitrogens with one attached hydrogen (secondary N) is 1. The zero-order valence-corrected chi connectivity index (χ0v) is 11.5. The second kappa shape index (κ2) is 6.22. The summed E-state index contributed by atoms with van der Waals surface area (Å²) >= 11 is 0. The van der Waals surface area contributed by atoms with E-state index in [-0.39, 0.29) is 11.9 Å². The third kappa shape index (κ3) is 4.53. The molecular weight excluding hydrogens is 301 g/mol. The highest BCUT2D eigenvalue weighted by molar-refractivity contribution is 5.36. The minimum Gasteiger partial charge on any atom is -0.456 e. The Morgan fingerprint density at radius 1 is 1.10 bits per heavy atom. The van der Waals surface area contributed by atoms with E-state index < -0.39 is 24.7 Å². The van der Waals surface area contributed by atoms with Crippen molar-refractivity contribution in [3.05, 3.63) is 0 Å². The highest BCUT2D eigenvalue weighted by atomic mass is 19.4. The summed E-state index contributed by atoms with van der Waals surface area (Å²) in [7, 11) is 3.14. The van der Waals surface area contributed by atoms with Gasteiger partial charge in [0.05, 0.1) is 0 Å². The van der Waals surface area contributed by atoms with E-state index in [0.717, 1.165) is 0 Å². The van der Waals surface area contributed by atoms with Gasteiger partial charge in [0.15, 0.2) is 6.61 Å². The van der Waals surface area contributed by atoms with Crippen molar-refractivity contribution < 1.29 is 26.7 Å². The molecule has 0 aliphatic rings. The maximum Gasteiger partial charge on any atom is 0.456 e. The standard InChI is InChI=1S/C10H14F5N5O/c1-4-16-6-17-7(20(2)3)19-8(18-6)21-5-9(11,12)10(13,14)15/h4-5H2,1-3H3,(H,16,17,18,19). The summed E-state index contributed by atoms with van der Waals surface area (Å²) < 4.78 is 66.0. The molecule has 0 saturated carbocycles. The lowest BCUT2D eigenvalue weighted by Crippen LogP contribution is -2.42. The fourth-order valence-corrected chi connectivity index (χ4v) is 1.08.